The highest BCUT2D eigenvalue weighted by atomic mass is 16.2. The summed E-state index contributed by atoms with van der Waals surface area (Å²) in [5.74, 6) is -1.84. The van der Waals surface area contributed by atoms with E-state index in [9.17, 15) is 19.2 Å². The third-order valence-electron chi connectivity index (χ3n) is 7.21. The van der Waals surface area contributed by atoms with E-state index in [2.05, 4.69) is 5.32 Å². The maximum atomic E-state index is 13.6. The summed E-state index contributed by atoms with van der Waals surface area (Å²) < 4.78 is 0. The molecule has 1 saturated heterocycles. The number of likely N-dealkylation sites (tertiary alicyclic amines) is 1. The van der Waals surface area contributed by atoms with Crippen molar-refractivity contribution in [1.82, 2.24) is 10.2 Å². The molecule has 1 aliphatic heterocycles. The van der Waals surface area contributed by atoms with Gasteiger partial charge in [-0.25, -0.2) is 0 Å². The molecule has 3 rings (SSSR count). The van der Waals surface area contributed by atoms with E-state index in [-0.39, 0.29) is 23.5 Å². The van der Waals surface area contributed by atoms with Crippen molar-refractivity contribution in [3.63, 3.8) is 0 Å². The second-order valence-electron chi connectivity index (χ2n) is 10.7. The van der Waals surface area contributed by atoms with Crippen LogP contribution in [0, 0.1) is 17.8 Å². The van der Waals surface area contributed by atoms with E-state index in [1.165, 1.54) is 0 Å². The first-order valence-electron chi connectivity index (χ1n) is 13.8. The molecule has 2 aromatic rings. The number of amides is 3. The van der Waals surface area contributed by atoms with Crippen LogP contribution < -0.4 is 11.1 Å². The molecule has 0 bridgehead atoms. The number of nitrogens with two attached hydrogens (primary N) is 1. The lowest BCUT2D eigenvalue weighted by Crippen LogP contribution is -2.50. The first-order valence-corrected chi connectivity index (χ1v) is 13.8. The van der Waals surface area contributed by atoms with Gasteiger partial charge in [0.15, 0.2) is 5.78 Å². The first-order chi connectivity index (χ1) is 18.2. The number of benzene rings is 2. The molecule has 3 unspecified atom stereocenters. The van der Waals surface area contributed by atoms with Crippen LogP contribution in [0.4, 0.5) is 0 Å². The van der Waals surface area contributed by atoms with Crippen molar-refractivity contribution < 1.29 is 19.2 Å². The fraction of sp³-hybridized carbons (Fsp3) is 0.484. The van der Waals surface area contributed by atoms with Gasteiger partial charge in [-0.15, -0.1) is 0 Å². The maximum Gasteiger partial charge on any atom is 0.245 e. The zero-order valence-electron chi connectivity index (χ0n) is 22.8. The van der Waals surface area contributed by atoms with Crippen LogP contribution in [0.3, 0.4) is 0 Å². The zero-order chi connectivity index (χ0) is 27.7. The first kappa shape index (κ1) is 29.1. The summed E-state index contributed by atoms with van der Waals surface area (Å²) in [7, 11) is 0. The zero-order valence-corrected chi connectivity index (χ0v) is 22.8. The predicted octanol–water partition coefficient (Wildman–Crippen LogP) is 4.48. The minimum Gasteiger partial charge on any atom is -0.369 e. The molecule has 2 aromatic carbocycles. The molecule has 1 heterocycles. The minimum absolute atomic E-state index is 0.0629. The standard InChI is InChI=1S/C31H41N3O4/c1-4-11-25(29(32)36)26(18-21(2)3)30(37)33-27-16-8-9-17-34(31(27)38)20-22-12-10-15-24(19-22)28(35)23-13-6-5-7-14-23/h5-7,10,12-15,19,21,25-27H,4,8-9,11,16-18,20H2,1-3H3,(H2,32,36)(H,33,37). The molecule has 0 aliphatic carbocycles. The summed E-state index contributed by atoms with van der Waals surface area (Å²) in [6, 6.07) is 15.8. The van der Waals surface area contributed by atoms with Crippen molar-refractivity contribution in [3.05, 3.63) is 71.3 Å². The topological polar surface area (TPSA) is 110 Å². The van der Waals surface area contributed by atoms with E-state index in [1.807, 2.05) is 57.2 Å². The van der Waals surface area contributed by atoms with E-state index in [4.69, 9.17) is 5.73 Å². The Morgan fingerprint density at radius 2 is 1.71 bits per heavy atom. The summed E-state index contributed by atoms with van der Waals surface area (Å²) in [5, 5.41) is 2.98. The van der Waals surface area contributed by atoms with Crippen LogP contribution in [0.2, 0.25) is 0 Å². The highest BCUT2D eigenvalue weighted by molar-refractivity contribution is 6.09. The SMILES string of the molecule is CCCC(C(N)=O)C(CC(C)C)C(=O)NC1CCCCN(Cc2cccc(C(=O)c3ccccc3)c2)C1=O. The van der Waals surface area contributed by atoms with E-state index in [0.717, 1.165) is 24.8 Å². The number of rotatable bonds is 12. The van der Waals surface area contributed by atoms with Gasteiger partial charge in [-0.3, -0.25) is 19.2 Å². The highest BCUT2D eigenvalue weighted by Gasteiger charge is 2.35. The van der Waals surface area contributed by atoms with Gasteiger partial charge in [-0.05, 0) is 49.7 Å². The number of nitrogens with zero attached hydrogens (tertiary/aromatic N) is 1. The normalized spacial score (nSPS) is 17.5. The second kappa shape index (κ2) is 13.9. The lowest BCUT2D eigenvalue weighted by atomic mass is 9.81. The monoisotopic (exact) mass is 519 g/mol. The van der Waals surface area contributed by atoms with E-state index >= 15 is 0 Å². The Hall–Kier alpha value is -3.48. The molecule has 204 valence electrons. The molecule has 1 fully saturated rings. The third-order valence-corrected chi connectivity index (χ3v) is 7.21. The van der Waals surface area contributed by atoms with Gasteiger partial charge in [0.25, 0.3) is 0 Å². The third kappa shape index (κ3) is 7.76. The van der Waals surface area contributed by atoms with Crippen LogP contribution in [0.5, 0.6) is 0 Å². The Labute approximate surface area is 226 Å². The number of hydrogen-bond acceptors (Lipinski definition) is 4. The van der Waals surface area contributed by atoms with Crippen molar-refractivity contribution in [3.8, 4) is 0 Å². The fourth-order valence-electron chi connectivity index (χ4n) is 5.28. The van der Waals surface area contributed by atoms with Crippen LogP contribution in [-0.4, -0.2) is 41.0 Å². The molecule has 7 heteroatoms. The van der Waals surface area contributed by atoms with Gasteiger partial charge in [-0.1, -0.05) is 75.7 Å². The Morgan fingerprint density at radius 1 is 1.00 bits per heavy atom. The number of primary amides is 1. The molecule has 3 N–H and O–H groups in total. The highest BCUT2D eigenvalue weighted by Crippen LogP contribution is 2.26. The summed E-state index contributed by atoms with van der Waals surface area (Å²) in [5.41, 5.74) is 7.74. The predicted molar refractivity (Wildman–Crippen MR) is 148 cm³/mol. The van der Waals surface area contributed by atoms with Gasteiger partial charge in [0.05, 0.1) is 0 Å². The molecule has 3 atom stereocenters. The average molecular weight is 520 g/mol. The largest absolute Gasteiger partial charge is 0.369 e. The van der Waals surface area contributed by atoms with Gasteiger partial charge in [0.1, 0.15) is 6.04 Å². The number of nitrogens with one attached hydrogen (secondary N) is 1. The number of carbonyl (C=O) groups is 4. The van der Waals surface area contributed by atoms with Crippen LogP contribution in [-0.2, 0) is 20.9 Å². The molecular weight excluding hydrogens is 478 g/mol. The molecule has 38 heavy (non-hydrogen) atoms. The Bertz CT molecular complexity index is 1120. The Balaban J connectivity index is 1.74. The lowest BCUT2D eigenvalue weighted by Gasteiger charge is -2.29. The van der Waals surface area contributed by atoms with Gasteiger partial charge >= 0.3 is 0 Å². The summed E-state index contributed by atoms with van der Waals surface area (Å²) >= 11 is 0. The second-order valence-corrected chi connectivity index (χ2v) is 10.7. The van der Waals surface area contributed by atoms with E-state index in [1.54, 1.807) is 23.1 Å². The Morgan fingerprint density at radius 3 is 2.37 bits per heavy atom. The molecule has 0 saturated carbocycles. The van der Waals surface area contributed by atoms with Crippen LogP contribution in [0.1, 0.15) is 80.8 Å². The average Bonchev–Trinajstić information content (AvgIpc) is 3.07. The Kier molecular flexibility index (Phi) is 10.6. The van der Waals surface area contributed by atoms with Crippen molar-refractivity contribution in [2.75, 3.05) is 6.54 Å². The van der Waals surface area contributed by atoms with Gasteiger partial charge < -0.3 is 16.0 Å². The number of carbonyl (C=O) groups excluding carboxylic acids is 4. The van der Waals surface area contributed by atoms with Gasteiger partial charge in [0, 0.05) is 36.1 Å². The van der Waals surface area contributed by atoms with Crippen LogP contribution in [0.15, 0.2) is 54.6 Å². The molecule has 1 aliphatic rings. The number of hydrogen-bond donors (Lipinski definition) is 2. The van der Waals surface area contributed by atoms with Crippen molar-refractivity contribution in [2.45, 2.75) is 71.9 Å². The molecular formula is C31H41N3O4. The minimum atomic E-state index is -0.649. The van der Waals surface area contributed by atoms with Gasteiger partial charge in [0.2, 0.25) is 17.7 Å². The summed E-state index contributed by atoms with van der Waals surface area (Å²) in [6.07, 6.45) is 4.02. The molecule has 0 spiro atoms. The van der Waals surface area contributed by atoms with Crippen LogP contribution >= 0.6 is 0 Å². The molecule has 7 nitrogen and oxygen atoms in total. The number of ketones is 1. The fourth-order valence-corrected chi connectivity index (χ4v) is 5.28. The van der Waals surface area contributed by atoms with Crippen LogP contribution in [0.25, 0.3) is 0 Å². The smallest absolute Gasteiger partial charge is 0.245 e. The van der Waals surface area contributed by atoms with E-state index < -0.39 is 23.8 Å². The van der Waals surface area contributed by atoms with Crippen molar-refractivity contribution in [2.24, 2.45) is 23.5 Å². The van der Waals surface area contributed by atoms with Gasteiger partial charge in [-0.2, -0.15) is 0 Å². The maximum absolute atomic E-state index is 13.6. The van der Waals surface area contributed by atoms with Crippen molar-refractivity contribution in [1.29, 1.82) is 0 Å². The van der Waals surface area contributed by atoms with E-state index in [0.29, 0.717) is 43.5 Å². The van der Waals surface area contributed by atoms with Crippen molar-refractivity contribution >= 4 is 23.5 Å². The summed E-state index contributed by atoms with van der Waals surface area (Å²) in [4.78, 5) is 53.8. The molecule has 0 radical (unpaired) electrons. The summed E-state index contributed by atoms with van der Waals surface area (Å²) in [6.45, 7) is 6.93. The quantitative estimate of drug-likeness (QED) is 0.403. The molecule has 0 aromatic heterocycles. The molecule has 3 amide bonds. The lowest BCUT2D eigenvalue weighted by molar-refractivity contribution is -0.139.